The number of nitrogens with one attached hydrogen (secondary N) is 1. The minimum atomic E-state index is -0.977. The fourth-order valence-corrected chi connectivity index (χ4v) is 3.58. The van der Waals surface area contributed by atoms with E-state index in [0.717, 1.165) is 25.0 Å². The number of amides is 2. The molecule has 0 aromatic heterocycles. The summed E-state index contributed by atoms with van der Waals surface area (Å²) in [6, 6.07) is -0.201. The first kappa shape index (κ1) is 16.1. The molecule has 0 saturated heterocycles. The number of hydrogen-bond acceptors (Lipinski definition) is 3. The molecule has 1 aliphatic rings. The molecule has 1 aliphatic carbocycles. The van der Waals surface area contributed by atoms with E-state index in [9.17, 15) is 9.59 Å². The van der Waals surface area contributed by atoms with Crippen LogP contribution in [0.1, 0.15) is 40.0 Å². The van der Waals surface area contributed by atoms with Gasteiger partial charge in [-0.15, -0.1) is 0 Å². The van der Waals surface area contributed by atoms with Gasteiger partial charge in [0.25, 0.3) is 0 Å². The quantitative estimate of drug-likeness (QED) is 0.786. The third-order valence-corrected chi connectivity index (χ3v) is 4.66. The second-order valence-electron chi connectivity index (χ2n) is 5.10. The van der Waals surface area contributed by atoms with Gasteiger partial charge >= 0.3 is 12.0 Å². The largest absolute Gasteiger partial charge is 0.480 e. The van der Waals surface area contributed by atoms with Crippen LogP contribution in [0.4, 0.5) is 4.79 Å². The summed E-state index contributed by atoms with van der Waals surface area (Å²) in [5, 5.41) is 12.3. The molecule has 1 saturated carbocycles. The van der Waals surface area contributed by atoms with Crippen molar-refractivity contribution >= 4 is 23.8 Å². The fraction of sp³-hybridized carbons (Fsp3) is 0.846. The Morgan fingerprint density at radius 2 is 2.11 bits per heavy atom. The number of urea groups is 1. The molecular formula is C13H24N2O3S. The molecular weight excluding hydrogens is 264 g/mol. The van der Waals surface area contributed by atoms with Gasteiger partial charge in [0, 0.05) is 17.3 Å². The Bertz CT molecular complexity index is 323. The van der Waals surface area contributed by atoms with E-state index in [4.69, 9.17) is 5.11 Å². The second kappa shape index (κ2) is 7.62. The van der Waals surface area contributed by atoms with Crippen molar-refractivity contribution in [2.24, 2.45) is 0 Å². The third-order valence-electron chi connectivity index (χ3n) is 3.33. The van der Waals surface area contributed by atoms with Crippen LogP contribution in [0.3, 0.4) is 0 Å². The first-order chi connectivity index (χ1) is 8.95. The molecule has 6 heteroatoms. The van der Waals surface area contributed by atoms with Gasteiger partial charge in [0.1, 0.15) is 6.54 Å². The van der Waals surface area contributed by atoms with Crippen LogP contribution in [0.25, 0.3) is 0 Å². The van der Waals surface area contributed by atoms with E-state index in [1.54, 1.807) is 0 Å². The Balaban J connectivity index is 2.58. The number of aliphatic carboxylic acids is 1. The molecule has 0 aromatic rings. The summed E-state index contributed by atoms with van der Waals surface area (Å²) in [4.78, 5) is 24.3. The maximum Gasteiger partial charge on any atom is 0.323 e. The zero-order valence-corrected chi connectivity index (χ0v) is 12.7. The molecule has 2 atom stereocenters. The van der Waals surface area contributed by atoms with Crippen LogP contribution in [0.5, 0.6) is 0 Å². The minimum absolute atomic E-state index is 0.116. The molecule has 0 heterocycles. The van der Waals surface area contributed by atoms with Gasteiger partial charge in [-0.1, -0.05) is 13.3 Å². The monoisotopic (exact) mass is 288 g/mol. The number of rotatable bonds is 6. The lowest BCUT2D eigenvalue weighted by Gasteiger charge is -2.28. The molecule has 110 valence electrons. The number of hydrogen-bond donors (Lipinski definition) is 2. The van der Waals surface area contributed by atoms with Crippen LogP contribution in [0, 0.1) is 0 Å². The highest BCUT2D eigenvalue weighted by Gasteiger charge is 2.30. The molecule has 5 nitrogen and oxygen atoms in total. The molecule has 0 radical (unpaired) electrons. The van der Waals surface area contributed by atoms with E-state index in [0.29, 0.717) is 5.25 Å². The Hall–Kier alpha value is -0.910. The number of carbonyl (C=O) groups excluding carboxylic acids is 1. The van der Waals surface area contributed by atoms with Crippen LogP contribution in [-0.4, -0.2) is 51.6 Å². The Labute approximate surface area is 119 Å². The van der Waals surface area contributed by atoms with Gasteiger partial charge < -0.3 is 15.3 Å². The molecule has 2 amide bonds. The number of carbonyl (C=O) groups is 2. The second-order valence-corrected chi connectivity index (χ2v) is 6.61. The maximum atomic E-state index is 12.2. The fourth-order valence-electron chi connectivity index (χ4n) is 2.38. The lowest BCUT2D eigenvalue weighted by Crippen LogP contribution is -2.50. The van der Waals surface area contributed by atoms with Gasteiger partial charge in [-0.05, 0) is 32.4 Å². The van der Waals surface area contributed by atoms with E-state index >= 15 is 0 Å². The first-order valence-corrected chi connectivity index (χ1v) is 7.91. The molecule has 0 aromatic carbocycles. The SMILES string of the molecule is CCSC1CCCC1NC(=O)N(CC(=O)O)C(C)C. The van der Waals surface area contributed by atoms with Crippen LogP contribution >= 0.6 is 11.8 Å². The highest BCUT2D eigenvalue weighted by Crippen LogP contribution is 2.30. The van der Waals surface area contributed by atoms with Gasteiger partial charge in [-0.25, -0.2) is 4.79 Å². The molecule has 19 heavy (non-hydrogen) atoms. The van der Waals surface area contributed by atoms with Gasteiger partial charge in [0.15, 0.2) is 0 Å². The molecule has 0 aliphatic heterocycles. The van der Waals surface area contributed by atoms with Gasteiger partial charge in [0.05, 0.1) is 0 Å². The van der Waals surface area contributed by atoms with Crippen molar-refractivity contribution < 1.29 is 14.7 Å². The Morgan fingerprint density at radius 3 is 2.63 bits per heavy atom. The highest BCUT2D eigenvalue weighted by atomic mass is 32.2. The van der Waals surface area contributed by atoms with E-state index in [1.165, 1.54) is 4.90 Å². The number of carboxylic acids is 1. The lowest BCUT2D eigenvalue weighted by molar-refractivity contribution is -0.138. The molecule has 0 spiro atoms. The smallest absolute Gasteiger partial charge is 0.323 e. The average Bonchev–Trinajstić information content (AvgIpc) is 2.73. The number of carboxylic acid groups (broad SMARTS) is 1. The van der Waals surface area contributed by atoms with Crippen molar-refractivity contribution in [3.8, 4) is 0 Å². The van der Waals surface area contributed by atoms with Crippen molar-refractivity contribution in [1.82, 2.24) is 10.2 Å². The molecule has 2 N–H and O–H groups in total. The standard InChI is InChI=1S/C13H24N2O3S/c1-4-19-11-7-5-6-10(11)14-13(18)15(9(2)3)8-12(16)17/h9-11H,4-8H2,1-3H3,(H,14,18)(H,16,17). The van der Waals surface area contributed by atoms with E-state index in [2.05, 4.69) is 12.2 Å². The summed E-state index contributed by atoms with van der Waals surface area (Å²) in [5.74, 6) is 0.0646. The van der Waals surface area contributed by atoms with Crippen LogP contribution in [0.2, 0.25) is 0 Å². The Morgan fingerprint density at radius 1 is 1.42 bits per heavy atom. The van der Waals surface area contributed by atoms with E-state index in [-0.39, 0.29) is 24.7 Å². The van der Waals surface area contributed by atoms with Crippen molar-refractivity contribution in [2.75, 3.05) is 12.3 Å². The summed E-state index contributed by atoms with van der Waals surface area (Å²) in [6.07, 6.45) is 3.25. The molecule has 1 rings (SSSR count). The number of thioether (sulfide) groups is 1. The minimum Gasteiger partial charge on any atom is -0.480 e. The van der Waals surface area contributed by atoms with Crippen molar-refractivity contribution in [1.29, 1.82) is 0 Å². The summed E-state index contributed by atoms with van der Waals surface area (Å²) in [6.45, 7) is 5.53. The van der Waals surface area contributed by atoms with Gasteiger partial charge in [0.2, 0.25) is 0 Å². The van der Waals surface area contributed by atoms with E-state index < -0.39 is 5.97 Å². The third kappa shape index (κ3) is 4.93. The molecule has 0 bridgehead atoms. The predicted octanol–water partition coefficient (Wildman–Crippen LogP) is 2.17. The zero-order valence-electron chi connectivity index (χ0n) is 11.9. The molecule has 1 fully saturated rings. The van der Waals surface area contributed by atoms with Gasteiger partial charge in [-0.3, -0.25) is 4.79 Å². The lowest BCUT2D eigenvalue weighted by atomic mass is 10.2. The summed E-state index contributed by atoms with van der Waals surface area (Å²) < 4.78 is 0. The molecule has 2 unspecified atom stereocenters. The van der Waals surface area contributed by atoms with Crippen molar-refractivity contribution in [3.05, 3.63) is 0 Å². The van der Waals surface area contributed by atoms with Crippen LogP contribution in [-0.2, 0) is 4.79 Å². The Kier molecular flexibility index (Phi) is 6.48. The zero-order chi connectivity index (χ0) is 14.4. The van der Waals surface area contributed by atoms with Crippen molar-refractivity contribution in [2.45, 2.75) is 57.4 Å². The average molecular weight is 288 g/mol. The van der Waals surface area contributed by atoms with Crippen LogP contribution in [0.15, 0.2) is 0 Å². The normalized spacial score (nSPS) is 22.5. The topological polar surface area (TPSA) is 69.6 Å². The number of nitrogens with zero attached hydrogens (tertiary/aromatic N) is 1. The summed E-state index contributed by atoms with van der Waals surface area (Å²) >= 11 is 1.87. The van der Waals surface area contributed by atoms with Gasteiger partial charge in [-0.2, -0.15) is 11.8 Å². The maximum absolute atomic E-state index is 12.2. The predicted molar refractivity (Wildman–Crippen MR) is 77.6 cm³/mol. The van der Waals surface area contributed by atoms with E-state index in [1.807, 2.05) is 25.6 Å². The highest BCUT2D eigenvalue weighted by molar-refractivity contribution is 7.99. The van der Waals surface area contributed by atoms with Crippen LogP contribution < -0.4 is 5.32 Å². The summed E-state index contributed by atoms with van der Waals surface area (Å²) in [7, 11) is 0. The first-order valence-electron chi connectivity index (χ1n) is 6.86. The summed E-state index contributed by atoms with van der Waals surface area (Å²) in [5.41, 5.74) is 0. The van der Waals surface area contributed by atoms with Crippen molar-refractivity contribution in [3.63, 3.8) is 0 Å².